The first-order valence-electron chi connectivity index (χ1n) is 6.21. The monoisotopic (exact) mass is 283 g/mol. The average molecular weight is 283 g/mol. The maximum absolute atomic E-state index is 12.9. The van der Waals surface area contributed by atoms with Crippen LogP contribution in [0.3, 0.4) is 0 Å². The number of anilines is 1. The van der Waals surface area contributed by atoms with Crippen LogP contribution in [0.5, 0.6) is 0 Å². The molecular weight excluding hydrogens is 267 g/mol. The van der Waals surface area contributed by atoms with Gasteiger partial charge in [0.1, 0.15) is 0 Å². The molecular formula is C14H16F3N3. The van der Waals surface area contributed by atoms with Crippen molar-refractivity contribution in [3.8, 4) is 0 Å². The summed E-state index contributed by atoms with van der Waals surface area (Å²) in [7, 11) is 1.80. The SMILES string of the molecule is Cc1ccc(NC(C)c2ccnn2C)cc1C(F)(F)F. The van der Waals surface area contributed by atoms with Crippen LogP contribution in [-0.2, 0) is 13.2 Å². The summed E-state index contributed by atoms with van der Waals surface area (Å²) in [4.78, 5) is 0. The molecule has 0 aliphatic heterocycles. The topological polar surface area (TPSA) is 29.9 Å². The van der Waals surface area contributed by atoms with Crippen LogP contribution < -0.4 is 5.32 Å². The van der Waals surface area contributed by atoms with Gasteiger partial charge in [0.05, 0.1) is 17.3 Å². The highest BCUT2D eigenvalue weighted by Crippen LogP contribution is 2.34. The first-order chi connectivity index (χ1) is 9.29. The molecule has 2 rings (SSSR count). The van der Waals surface area contributed by atoms with Gasteiger partial charge in [-0.3, -0.25) is 4.68 Å². The molecule has 0 aliphatic rings. The third kappa shape index (κ3) is 2.95. The van der Waals surface area contributed by atoms with E-state index < -0.39 is 11.7 Å². The van der Waals surface area contributed by atoms with E-state index in [4.69, 9.17) is 0 Å². The molecule has 1 aromatic carbocycles. The molecule has 1 aromatic heterocycles. The first kappa shape index (κ1) is 14.4. The van der Waals surface area contributed by atoms with E-state index in [0.29, 0.717) is 5.69 Å². The number of rotatable bonds is 3. The van der Waals surface area contributed by atoms with Gasteiger partial charge in [0.25, 0.3) is 0 Å². The maximum Gasteiger partial charge on any atom is 0.416 e. The van der Waals surface area contributed by atoms with Gasteiger partial charge in [-0.15, -0.1) is 0 Å². The molecule has 0 amide bonds. The lowest BCUT2D eigenvalue weighted by Crippen LogP contribution is -2.13. The van der Waals surface area contributed by atoms with Gasteiger partial charge in [0.15, 0.2) is 0 Å². The van der Waals surface area contributed by atoms with Crippen molar-refractivity contribution in [1.82, 2.24) is 9.78 Å². The minimum Gasteiger partial charge on any atom is -0.377 e. The fourth-order valence-electron chi connectivity index (χ4n) is 2.15. The molecule has 0 fully saturated rings. The van der Waals surface area contributed by atoms with Crippen LogP contribution in [0.2, 0.25) is 0 Å². The van der Waals surface area contributed by atoms with Gasteiger partial charge in [0.2, 0.25) is 0 Å². The number of alkyl halides is 3. The van der Waals surface area contributed by atoms with E-state index in [1.807, 2.05) is 13.0 Å². The van der Waals surface area contributed by atoms with Crippen molar-refractivity contribution in [1.29, 1.82) is 0 Å². The number of hydrogen-bond donors (Lipinski definition) is 1. The number of hydrogen-bond acceptors (Lipinski definition) is 2. The van der Waals surface area contributed by atoms with Crippen molar-refractivity contribution in [2.75, 3.05) is 5.32 Å². The van der Waals surface area contributed by atoms with Crippen LogP contribution >= 0.6 is 0 Å². The van der Waals surface area contributed by atoms with Crippen molar-refractivity contribution in [3.63, 3.8) is 0 Å². The summed E-state index contributed by atoms with van der Waals surface area (Å²) < 4.78 is 40.3. The molecule has 1 atom stereocenters. The number of nitrogens with one attached hydrogen (secondary N) is 1. The van der Waals surface area contributed by atoms with E-state index in [2.05, 4.69) is 10.4 Å². The van der Waals surface area contributed by atoms with Gasteiger partial charge in [-0.25, -0.2) is 0 Å². The largest absolute Gasteiger partial charge is 0.416 e. The van der Waals surface area contributed by atoms with Crippen molar-refractivity contribution < 1.29 is 13.2 Å². The van der Waals surface area contributed by atoms with Gasteiger partial charge < -0.3 is 5.32 Å². The summed E-state index contributed by atoms with van der Waals surface area (Å²) in [6, 6.07) is 5.96. The molecule has 0 radical (unpaired) electrons. The zero-order valence-corrected chi connectivity index (χ0v) is 11.5. The van der Waals surface area contributed by atoms with Gasteiger partial charge in [-0.05, 0) is 37.6 Å². The normalized spacial score (nSPS) is 13.3. The number of nitrogens with zero attached hydrogens (tertiary/aromatic N) is 2. The first-order valence-corrected chi connectivity index (χ1v) is 6.21. The fraction of sp³-hybridized carbons (Fsp3) is 0.357. The van der Waals surface area contributed by atoms with Crippen LogP contribution in [0.15, 0.2) is 30.5 Å². The molecule has 3 nitrogen and oxygen atoms in total. The zero-order valence-electron chi connectivity index (χ0n) is 11.5. The second-order valence-electron chi connectivity index (χ2n) is 4.77. The Morgan fingerprint density at radius 3 is 2.50 bits per heavy atom. The van der Waals surface area contributed by atoms with Crippen LogP contribution in [0.1, 0.15) is 29.8 Å². The summed E-state index contributed by atoms with van der Waals surface area (Å²) in [5.74, 6) is 0. The molecule has 0 bridgehead atoms. The van der Waals surface area contributed by atoms with Crippen LogP contribution in [0.25, 0.3) is 0 Å². The molecule has 0 saturated carbocycles. The van der Waals surface area contributed by atoms with E-state index in [0.717, 1.165) is 11.8 Å². The van der Waals surface area contributed by atoms with E-state index in [-0.39, 0.29) is 11.6 Å². The second-order valence-corrected chi connectivity index (χ2v) is 4.77. The van der Waals surface area contributed by atoms with E-state index >= 15 is 0 Å². The van der Waals surface area contributed by atoms with Gasteiger partial charge in [-0.2, -0.15) is 18.3 Å². The minimum absolute atomic E-state index is 0.133. The van der Waals surface area contributed by atoms with Crippen molar-refractivity contribution in [2.24, 2.45) is 7.05 Å². The fourth-order valence-corrected chi connectivity index (χ4v) is 2.15. The predicted molar refractivity (Wildman–Crippen MR) is 71.4 cm³/mol. The Kier molecular flexibility index (Phi) is 3.74. The van der Waals surface area contributed by atoms with E-state index in [1.165, 1.54) is 13.0 Å². The Balaban J connectivity index is 2.25. The number of aromatic nitrogens is 2. The van der Waals surface area contributed by atoms with E-state index in [9.17, 15) is 13.2 Å². The van der Waals surface area contributed by atoms with Gasteiger partial charge >= 0.3 is 6.18 Å². The van der Waals surface area contributed by atoms with Crippen LogP contribution in [-0.4, -0.2) is 9.78 Å². The summed E-state index contributed by atoms with van der Waals surface area (Å²) in [5.41, 5.74) is 0.951. The minimum atomic E-state index is -4.34. The molecule has 2 aromatic rings. The Bertz CT molecular complexity index is 602. The highest BCUT2D eigenvalue weighted by atomic mass is 19.4. The summed E-state index contributed by atoms with van der Waals surface area (Å²) >= 11 is 0. The molecule has 6 heteroatoms. The summed E-state index contributed by atoms with van der Waals surface area (Å²) in [5, 5.41) is 7.11. The molecule has 1 heterocycles. The highest BCUT2D eigenvalue weighted by Gasteiger charge is 2.32. The molecule has 0 saturated heterocycles. The number of aryl methyl sites for hydroxylation is 2. The van der Waals surface area contributed by atoms with Crippen LogP contribution in [0, 0.1) is 6.92 Å². The average Bonchev–Trinajstić information content (AvgIpc) is 2.76. The molecule has 0 aliphatic carbocycles. The molecule has 20 heavy (non-hydrogen) atoms. The Morgan fingerprint density at radius 2 is 1.95 bits per heavy atom. The lowest BCUT2D eigenvalue weighted by atomic mass is 10.1. The zero-order chi connectivity index (χ0) is 14.9. The summed E-state index contributed by atoms with van der Waals surface area (Å²) in [6.07, 6.45) is -2.68. The van der Waals surface area contributed by atoms with Crippen molar-refractivity contribution in [2.45, 2.75) is 26.1 Å². The predicted octanol–water partition coefficient (Wildman–Crippen LogP) is 3.92. The second kappa shape index (κ2) is 5.19. The van der Waals surface area contributed by atoms with Gasteiger partial charge in [0, 0.05) is 18.9 Å². The van der Waals surface area contributed by atoms with Crippen molar-refractivity contribution in [3.05, 3.63) is 47.3 Å². The smallest absolute Gasteiger partial charge is 0.377 e. The van der Waals surface area contributed by atoms with Crippen molar-refractivity contribution >= 4 is 5.69 Å². The molecule has 108 valence electrons. The highest BCUT2D eigenvalue weighted by molar-refractivity contribution is 5.50. The summed E-state index contributed by atoms with van der Waals surface area (Å²) in [6.45, 7) is 3.33. The quantitative estimate of drug-likeness (QED) is 0.925. The Hall–Kier alpha value is -1.98. The third-order valence-electron chi connectivity index (χ3n) is 3.23. The number of benzene rings is 1. The molecule has 0 spiro atoms. The van der Waals surface area contributed by atoms with Gasteiger partial charge in [-0.1, -0.05) is 6.07 Å². The maximum atomic E-state index is 12.9. The number of halogens is 3. The molecule has 1 unspecified atom stereocenters. The molecule has 1 N–H and O–H groups in total. The lowest BCUT2D eigenvalue weighted by Gasteiger charge is -2.18. The van der Waals surface area contributed by atoms with E-state index in [1.54, 1.807) is 24.0 Å². The standard InChI is InChI=1S/C14H16F3N3/c1-9-4-5-11(8-12(9)14(15,16)17)19-10(2)13-6-7-18-20(13)3/h4-8,10,19H,1-3H3. The lowest BCUT2D eigenvalue weighted by molar-refractivity contribution is -0.138. The van der Waals surface area contributed by atoms with Crippen LogP contribution in [0.4, 0.5) is 18.9 Å². The Labute approximate surface area is 115 Å². The Morgan fingerprint density at radius 1 is 1.25 bits per heavy atom. The third-order valence-corrected chi connectivity index (χ3v) is 3.23.